The summed E-state index contributed by atoms with van der Waals surface area (Å²) in [4.78, 5) is 30.8. The Balaban J connectivity index is 1.74. The van der Waals surface area contributed by atoms with E-state index in [2.05, 4.69) is 4.98 Å². The maximum atomic E-state index is 12.9. The van der Waals surface area contributed by atoms with E-state index in [1.54, 1.807) is 30.6 Å². The molecule has 0 saturated carbocycles. The van der Waals surface area contributed by atoms with Gasteiger partial charge in [-0.05, 0) is 62.1 Å². The summed E-state index contributed by atoms with van der Waals surface area (Å²) in [5.74, 6) is -0.932. The Hall–Kier alpha value is -3.36. The molecule has 2 aromatic carbocycles. The number of nitrogens with zero attached hydrogens (tertiary/aromatic N) is 2. The van der Waals surface area contributed by atoms with E-state index in [0.717, 1.165) is 21.6 Å². The molecule has 1 heterocycles. The molecule has 0 saturated heterocycles. The summed E-state index contributed by atoms with van der Waals surface area (Å²) in [5, 5.41) is 20.5. The monoisotopic (exact) mass is 536 g/mol. The highest BCUT2D eigenvalue weighted by Crippen LogP contribution is 2.32. The number of thioether (sulfide) groups is 1. The van der Waals surface area contributed by atoms with Gasteiger partial charge in [-0.15, -0.1) is 11.8 Å². The minimum Gasteiger partial charge on any atom is -0.478 e. The fourth-order valence-electron chi connectivity index (χ4n) is 3.83. The van der Waals surface area contributed by atoms with E-state index in [9.17, 15) is 19.8 Å². The predicted molar refractivity (Wildman–Crippen MR) is 151 cm³/mol. The summed E-state index contributed by atoms with van der Waals surface area (Å²) in [7, 11) is 0. The lowest BCUT2D eigenvalue weighted by atomic mass is 10.0. The largest absolute Gasteiger partial charge is 0.478 e. The highest BCUT2D eigenvalue weighted by Gasteiger charge is 2.24. The molecule has 0 spiro atoms. The second-order valence-corrected chi connectivity index (χ2v) is 12.0. The van der Waals surface area contributed by atoms with Crippen LogP contribution in [0.5, 0.6) is 0 Å². The standard InChI is InChI=1S/C30H36N2O5S/c1-20(2)38-27-17-23(12-13-25(27)28(34)35)22-10-8-21(9-11-22)14-16-32(29(36)37-30(3,4)5)19-26(33)24-7-6-15-31-18-24/h6-13,15,17-18,20,26,33H,14,16,19H2,1-5H3,(H,34,35)/t26-/m1/s1. The Kier molecular flexibility index (Phi) is 9.94. The number of carbonyl (C=O) groups is 2. The SMILES string of the molecule is CC(C)Sc1cc(-c2ccc(CCN(C[C@@H](O)c3cccnc3)C(=O)OC(C)(C)C)cc2)ccc1C(=O)O. The maximum absolute atomic E-state index is 12.9. The quantitative estimate of drug-likeness (QED) is 0.287. The van der Waals surface area contributed by atoms with E-state index in [1.165, 1.54) is 16.7 Å². The first-order valence-corrected chi connectivity index (χ1v) is 13.5. The van der Waals surface area contributed by atoms with Gasteiger partial charge in [-0.2, -0.15) is 0 Å². The molecule has 1 aromatic heterocycles. The van der Waals surface area contributed by atoms with E-state index in [4.69, 9.17) is 4.74 Å². The van der Waals surface area contributed by atoms with Crippen LogP contribution in [0.25, 0.3) is 11.1 Å². The van der Waals surface area contributed by atoms with Gasteiger partial charge in [0, 0.05) is 34.6 Å². The summed E-state index contributed by atoms with van der Waals surface area (Å²) in [6.07, 6.45) is 2.43. The molecule has 0 fully saturated rings. The van der Waals surface area contributed by atoms with E-state index in [-0.39, 0.29) is 11.8 Å². The molecule has 3 aromatic rings. The van der Waals surface area contributed by atoms with Crippen molar-refractivity contribution in [1.29, 1.82) is 0 Å². The van der Waals surface area contributed by atoms with Gasteiger partial charge in [0.2, 0.25) is 0 Å². The molecular formula is C30H36N2O5S. The maximum Gasteiger partial charge on any atom is 0.410 e. The van der Waals surface area contributed by atoms with Gasteiger partial charge in [0.1, 0.15) is 5.60 Å². The molecule has 202 valence electrons. The molecule has 0 unspecified atom stereocenters. The van der Waals surface area contributed by atoms with Crippen molar-refractivity contribution < 1.29 is 24.5 Å². The summed E-state index contributed by atoms with van der Waals surface area (Å²) < 4.78 is 5.58. The molecule has 1 atom stereocenters. The zero-order valence-corrected chi connectivity index (χ0v) is 23.4. The number of aromatic carboxylic acids is 1. The molecule has 3 rings (SSSR count). The number of aliphatic hydroxyl groups excluding tert-OH is 1. The minimum absolute atomic E-state index is 0.0882. The molecule has 0 radical (unpaired) electrons. The van der Waals surface area contributed by atoms with Crippen molar-refractivity contribution in [2.24, 2.45) is 0 Å². The Morgan fingerprint density at radius 1 is 1.05 bits per heavy atom. The number of carboxylic acid groups (broad SMARTS) is 1. The van der Waals surface area contributed by atoms with Crippen LogP contribution in [0.4, 0.5) is 4.79 Å². The van der Waals surface area contributed by atoms with Crippen LogP contribution in [-0.2, 0) is 11.2 Å². The van der Waals surface area contributed by atoms with Crippen molar-refractivity contribution in [1.82, 2.24) is 9.88 Å². The second-order valence-electron chi connectivity index (χ2n) is 10.4. The normalized spacial score (nSPS) is 12.3. The Bertz CT molecular complexity index is 1220. The topological polar surface area (TPSA) is 100.0 Å². The van der Waals surface area contributed by atoms with Crippen LogP contribution in [0.1, 0.15) is 62.2 Å². The third kappa shape index (κ3) is 8.60. The van der Waals surface area contributed by atoms with Crippen LogP contribution in [0.3, 0.4) is 0 Å². The Morgan fingerprint density at radius 2 is 1.74 bits per heavy atom. The van der Waals surface area contributed by atoms with Gasteiger partial charge in [-0.1, -0.05) is 50.2 Å². The van der Waals surface area contributed by atoms with Crippen molar-refractivity contribution in [2.75, 3.05) is 13.1 Å². The summed E-state index contributed by atoms with van der Waals surface area (Å²) in [6.45, 7) is 9.97. The molecule has 38 heavy (non-hydrogen) atoms. The minimum atomic E-state index is -0.932. The molecule has 1 amide bonds. The number of amides is 1. The van der Waals surface area contributed by atoms with Gasteiger partial charge in [-0.3, -0.25) is 4.98 Å². The second kappa shape index (κ2) is 12.9. The van der Waals surface area contributed by atoms with Gasteiger partial charge in [-0.25, -0.2) is 9.59 Å². The highest BCUT2D eigenvalue weighted by molar-refractivity contribution is 8.00. The van der Waals surface area contributed by atoms with E-state index in [0.29, 0.717) is 24.1 Å². The average molecular weight is 537 g/mol. The Morgan fingerprint density at radius 3 is 2.32 bits per heavy atom. The third-order valence-corrected chi connectivity index (χ3v) is 6.71. The number of benzene rings is 2. The number of aliphatic hydroxyl groups is 1. The zero-order valence-electron chi connectivity index (χ0n) is 22.5. The summed E-state index contributed by atoms with van der Waals surface area (Å²) >= 11 is 1.53. The van der Waals surface area contributed by atoms with Crippen LogP contribution in [0.15, 0.2) is 71.9 Å². The van der Waals surface area contributed by atoms with Gasteiger partial charge >= 0.3 is 12.1 Å². The van der Waals surface area contributed by atoms with Crippen LogP contribution < -0.4 is 0 Å². The van der Waals surface area contributed by atoms with Gasteiger partial charge < -0.3 is 19.8 Å². The first kappa shape index (κ1) is 29.2. The molecule has 0 aliphatic carbocycles. The van der Waals surface area contributed by atoms with Crippen molar-refractivity contribution in [2.45, 2.75) is 62.9 Å². The fraction of sp³-hybridized carbons (Fsp3) is 0.367. The lowest BCUT2D eigenvalue weighted by Gasteiger charge is -2.29. The number of aromatic nitrogens is 1. The zero-order chi connectivity index (χ0) is 27.9. The van der Waals surface area contributed by atoms with Crippen LogP contribution >= 0.6 is 11.8 Å². The van der Waals surface area contributed by atoms with Gasteiger partial charge in [0.25, 0.3) is 0 Å². The van der Waals surface area contributed by atoms with Crippen LogP contribution in [0, 0.1) is 0 Å². The molecule has 0 aliphatic rings. The molecule has 0 aliphatic heterocycles. The molecular weight excluding hydrogens is 500 g/mol. The number of hydrogen-bond donors (Lipinski definition) is 2. The van der Waals surface area contributed by atoms with E-state index in [1.807, 2.05) is 71.0 Å². The highest BCUT2D eigenvalue weighted by atomic mass is 32.2. The molecule has 8 heteroatoms. The number of ether oxygens (including phenoxy) is 1. The van der Waals surface area contributed by atoms with Crippen LogP contribution in [0.2, 0.25) is 0 Å². The first-order chi connectivity index (χ1) is 17.9. The van der Waals surface area contributed by atoms with Crippen molar-refractivity contribution in [3.8, 4) is 11.1 Å². The molecule has 2 N–H and O–H groups in total. The first-order valence-electron chi connectivity index (χ1n) is 12.6. The van der Waals surface area contributed by atoms with E-state index >= 15 is 0 Å². The fourth-order valence-corrected chi connectivity index (χ4v) is 4.81. The number of carboxylic acids is 1. The number of carbonyl (C=O) groups excluding carboxylic acids is 1. The van der Waals surface area contributed by atoms with E-state index < -0.39 is 23.8 Å². The third-order valence-electron chi connectivity index (χ3n) is 5.65. The van der Waals surface area contributed by atoms with Crippen molar-refractivity contribution in [3.05, 3.63) is 83.7 Å². The molecule has 7 nitrogen and oxygen atoms in total. The van der Waals surface area contributed by atoms with Gasteiger partial charge in [0.15, 0.2) is 0 Å². The molecule has 0 bridgehead atoms. The average Bonchev–Trinajstić information content (AvgIpc) is 2.85. The van der Waals surface area contributed by atoms with Crippen LogP contribution in [-0.4, -0.2) is 56.1 Å². The number of rotatable bonds is 10. The number of pyridine rings is 1. The van der Waals surface area contributed by atoms with Crippen molar-refractivity contribution >= 4 is 23.8 Å². The lowest BCUT2D eigenvalue weighted by molar-refractivity contribution is 0.0146. The summed E-state index contributed by atoms with van der Waals surface area (Å²) in [6, 6.07) is 16.9. The van der Waals surface area contributed by atoms with Gasteiger partial charge in [0.05, 0.1) is 18.2 Å². The predicted octanol–water partition coefficient (Wildman–Crippen LogP) is 6.46. The van der Waals surface area contributed by atoms with Crippen molar-refractivity contribution in [3.63, 3.8) is 0 Å². The Labute approximate surface area is 228 Å². The lowest BCUT2D eigenvalue weighted by Crippen LogP contribution is -2.40. The smallest absolute Gasteiger partial charge is 0.410 e. The summed E-state index contributed by atoms with van der Waals surface area (Å²) in [5.41, 5.74) is 3.23. The number of hydrogen-bond acceptors (Lipinski definition) is 6.